The molecule has 1 saturated heterocycles. The van der Waals surface area contributed by atoms with Gasteiger partial charge in [0.1, 0.15) is 0 Å². The summed E-state index contributed by atoms with van der Waals surface area (Å²) in [5, 5.41) is 0. The second-order valence-corrected chi connectivity index (χ2v) is 3.84. The fourth-order valence-corrected chi connectivity index (χ4v) is 1.55. The van der Waals surface area contributed by atoms with Crippen molar-refractivity contribution < 1.29 is 8.78 Å². The van der Waals surface area contributed by atoms with Gasteiger partial charge in [0.25, 0.3) is 5.92 Å². The van der Waals surface area contributed by atoms with Crippen molar-refractivity contribution in [3.05, 3.63) is 0 Å². The highest BCUT2D eigenvalue weighted by Gasteiger charge is 2.33. The normalized spacial score (nSPS) is 24.2. The standard InChI is InChI=1S/C7H13F2IN2/c8-7(9)1-4-12(5-2-7)6-3-11-10/h11H,1-6H2. The summed E-state index contributed by atoms with van der Waals surface area (Å²) < 4.78 is 28.3. The molecule has 1 heterocycles. The molecule has 0 atom stereocenters. The van der Waals surface area contributed by atoms with E-state index in [0.29, 0.717) is 13.1 Å². The van der Waals surface area contributed by atoms with Gasteiger partial charge in [-0.15, -0.1) is 0 Å². The molecule has 0 aromatic rings. The fourth-order valence-electron chi connectivity index (χ4n) is 1.30. The van der Waals surface area contributed by atoms with Gasteiger partial charge in [-0.1, -0.05) is 0 Å². The smallest absolute Gasteiger partial charge is 0.250 e. The van der Waals surface area contributed by atoms with Crippen LogP contribution in [0.1, 0.15) is 12.8 Å². The molecule has 1 rings (SSSR count). The van der Waals surface area contributed by atoms with Crippen LogP contribution in [0.25, 0.3) is 0 Å². The maximum Gasteiger partial charge on any atom is 0.250 e. The molecule has 72 valence electrons. The first-order chi connectivity index (χ1) is 5.64. The van der Waals surface area contributed by atoms with Crippen molar-refractivity contribution in [1.29, 1.82) is 0 Å². The third-order valence-corrected chi connectivity index (χ3v) is 2.65. The predicted octanol–water partition coefficient (Wildman–Crippen LogP) is 1.66. The molecule has 0 unspecified atom stereocenters. The molecule has 0 bridgehead atoms. The van der Waals surface area contributed by atoms with E-state index < -0.39 is 5.92 Å². The number of likely N-dealkylation sites (tertiary alicyclic amines) is 1. The molecule has 1 fully saturated rings. The van der Waals surface area contributed by atoms with Crippen LogP contribution >= 0.6 is 22.9 Å². The molecule has 0 saturated carbocycles. The lowest BCUT2D eigenvalue weighted by atomic mass is 10.1. The summed E-state index contributed by atoms with van der Waals surface area (Å²) in [6, 6.07) is 0. The van der Waals surface area contributed by atoms with Crippen LogP contribution in [0.4, 0.5) is 8.78 Å². The van der Waals surface area contributed by atoms with Gasteiger partial charge < -0.3 is 4.90 Å². The van der Waals surface area contributed by atoms with Crippen LogP contribution in [0.2, 0.25) is 0 Å². The van der Waals surface area contributed by atoms with Crippen molar-refractivity contribution in [2.45, 2.75) is 18.8 Å². The highest BCUT2D eigenvalue weighted by atomic mass is 127. The summed E-state index contributed by atoms with van der Waals surface area (Å²) in [5.41, 5.74) is 0. The first kappa shape index (κ1) is 10.6. The second-order valence-electron chi connectivity index (χ2n) is 3.08. The van der Waals surface area contributed by atoms with Gasteiger partial charge in [0.15, 0.2) is 0 Å². The Morgan fingerprint density at radius 2 is 1.92 bits per heavy atom. The Morgan fingerprint density at radius 1 is 1.33 bits per heavy atom. The number of hydrogen-bond donors (Lipinski definition) is 1. The van der Waals surface area contributed by atoms with E-state index in [4.69, 9.17) is 0 Å². The fraction of sp³-hybridized carbons (Fsp3) is 1.00. The number of nitrogens with zero attached hydrogens (tertiary/aromatic N) is 1. The van der Waals surface area contributed by atoms with Crippen LogP contribution < -0.4 is 3.53 Å². The van der Waals surface area contributed by atoms with Crippen LogP contribution in [-0.4, -0.2) is 37.0 Å². The van der Waals surface area contributed by atoms with E-state index in [2.05, 4.69) is 31.3 Å². The first-order valence-electron chi connectivity index (χ1n) is 4.08. The largest absolute Gasteiger partial charge is 0.302 e. The van der Waals surface area contributed by atoms with E-state index in [1.165, 1.54) is 0 Å². The summed E-state index contributed by atoms with van der Waals surface area (Å²) in [4.78, 5) is 2.07. The van der Waals surface area contributed by atoms with E-state index in [1.807, 2.05) is 0 Å². The van der Waals surface area contributed by atoms with E-state index in [-0.39, 0.29) is 12.8 Å². The van der Waals surface area contributed by atoms with Gasteiger partial charge in [-0.2, -0.15) is 0 Å². The van der Waals surface area contributed by atoms with E-state index in [9.17, 15) is 8.78 Å². The molecule has 0 spiro atoms. The molecule has 0 aromatic heterocycles. The number of halogens is 3. The monoisotopic (exact) mass is 290 g/mol. The van der Waals surface area contributed by atoms with Crippen molar-refractivity contribution in [2.24, 2.45) is 0 Å². The topological polar surface area (TPSA) is 15.3 Å². The predicted molar refractivity (Wildman–Crippen MR) is 52.6 cm³/mol. The number of nitrogens with one attached hydrogen (secondary N) is 1. The van der Waals surface area contributed by atoms with Crippen LogP contribution in [-0.2, 0) is 0 Å². The molecular weight excluding hydrogens is 277 g/mol. The minimum atomic E-state index is -2.41. The summed E-state index contributed by atoms with van der Waals surface area (Å²) in [6.45, 7) is 2.81. The summed E-state index contributed by atoms with van der Waals surface area (Å²) in [5.74, 6) is -2.41. The lowest BCUT2D eigenvalue weighted by molar-refractivity contribution is -0.0545. The number of hydrogen-bond acceptors (Lipinski definition) is 2. The van der Waals surface area contributed by atoms with Crippen molar-refractivity contribution >= 4 is 22.9 Å². The molecule has 1 aliphatic heterocycles. The van der Waals surface area contributed by atoms with Gasteiger partial charge in [-0.3, -0.25) is 3.53 Å². The van der Waals surface area contributed by atoms with E-state index in [0.717, 1.165) is 13.1 Å². The zero-order valence-electron chi connectivity index (χ0n) is 6.82. The minimum absolute atomic E-state index is 0.0221. The Labute approximate surface area is 85.2 Å². The highest BCUT2D eigenvalue weighted by molar-refractivity contribution is 14.1. The molecule has 0 radical (unpaired) electrons. The Morgan fingerprint density at radius 3 is 2.42 bits per heavy atom. The second kappa shape index (κ2) is 4.66. The van der Waals surface area contributed by atoms with E-state index in [1.54, 1.807) is 0 Å². The van der Waals surface area contributed by atoms with Crippen LogP contribution in [0, 0.1) is 0 Å². The highest BCUT2D eigenvalue weighted by Crippen LogP contribution is 2.27. The van der Waals surface area contributed by atoms with Crippen molar-refractivity contribution in [1.82, 2.24) is 8.43 Å². The molecule has 1 N–H and O–H groups in total. The third-order valence-electron chi connectivity index (χ3n) is 2.11. The van der Waals surface area contributed by atoms with Gasteiger partial charge in [-0.05, 0) is 0 Å². The van der Waals surface area contributed by atoms with Crippen molar-refractivity contribution in [2.75, 3.05) is 26.2 Å². The zero-order chi connectivity index (χ0) is 9.03. The number of piperidine rings is 1. The van der Waals surface area contributed by atoms with Crippen LogP contribution in [0.15, 0.2) is 0 Å². The lowest BCUT2D eigenvalue weighted by Crippen LogP contribution is -2.41. The summed E-state index contributed by atoms with van der Waals surface area (Å²) >= 11 is 2.07. The summed E-state index contributed by atoms with van der Waals surface area (Å²) in [6.07, 6.45) is 0.0441. The quantitative estimate of drug-likeness (QED) is 0.628. The molecular formula is C7H13F2IN2. The Hall–Kier alpha value is 0.510. The molecule has 0 amide bonds. The van der Waals surface area contributed by atoms with Crippen molar-refractivity contribution in [3.63, 3.8) is 0 Å². The summed E-state index contributed by atoms with van der Waals surface area (Å²) in [7, 11) is 0. The Balaban J connectivity index is 2.18. The molecule has 12 heavy (non-hydrogen) atoms. The molecule has 5 heteroatoms. The van der Waals surface area contributed by atoms with Crippen molar-refractivity contribution in [3.8, 4) is 0 Å². The van der Waals surface area contributed by atoms with Gasteiger partial charge in [-0.25, -0.2) is 8.78 Å². The lowest BCUT2D eigenvalue weighted by Gasteiger charge is -2.31. The SMILES string of the molecule is FC1(F)CCN(CCNI)CC1. The van der Waals surface area contributed by atoms with Gasteiger partial charge in [0.05, 0.1) is 0 Å². The number of alkyl halides is 2. The molecule has 0 aliphatic carbocycles. The number of rotatable bonds is 3. The van der Waals surface area contributed by atoms with Crippen LogP contribution in [0.3, 0.4) is 0 Å². The molecule has 0 aromatic carbocycles. The van der Waals surface area contributed by atoms with Gasteiger partial charge in [0, 0.05) is 61.9 Å². The molecule has 2 nitrogen and oxygen atoms in total. The Kier molecular flexibility index (Phi) is 4.12. The van der Waals surface area contributed by atoms with Crippen LogP contribution in [0.5, 0.6) is 0 Å². The Bertz CT molecular complexity index is 133. The van der Waals surface area contributed by atoms with Gasteiger partial charge >= 0.3 is 0 Å². The maximum atomic E-state index is 12.7. The minimum Gasteiger partial charge on any atom is -0.302 e. The third kappa shape index (κ3) is 3.49. The van der Waals surface area contributed by atoms with E-state index >= 15 is 0 Å². The average molecular weight is 290 g/mol. The first-order valence-corrected chi connectivity index (χ1v) is 5.16. The zero-order valence-corrected chi connectivity index (χ0v) is 8.98. The maximum absolute atomic E-state index is 12.7. The van der Waals surface area contributed by atoms with Gasteiger partial charge in [0.2, 0.25) is 0 Å². The molecule has 1 aliphatic rings. The average Bonchev–Trinajstić information content (AvgIpc) is 2.03.